The summed E-state index contributed by atoms with van der Waals surface area (Å²) in [5.41, 5.74) is 1.87. The van der Waals surface area contributed by atoms with Gasteiger partial charge in [0.15, 0.2) is 0 Å². The molecule has 0 aliphatic carbocycles. The molecule has 0 spiro atoms. The molecule has 1 unspecified atom stereocenters. The van der Waals surface area contributed by atoms with Gasteiger partial charge in [-0.3, -0.25) is 9.59 Å². The van der Waals surface area contributed by atoms with Crippen molar-refractivity contribution in [3.63, 3.8) is 0 Å². The van der Waals surface area contributed by atoms with Crippen LogP contribution in [0.4, 0.5) is 5.69 Å². The average Bonchev–Trinajstić information content (AvgIpc) is 2.59. The fourth-order valence-electron chi connectivity index (χ4n) is 2.15. The molecule has 1 heterocycles. The number of morpholine rings is 1. The van der Waals surface area contributed by atoms with E-state index in [4.69, 9.17) is 4.74 Å². The Kier molecular flexibility index (Phi) is 7.38. The largest absolute Gasteiger partial charge is 0.469 e. The number of hydrogen-bond donors (Lipinski definition) is 2. The molecule has 2 N–H and O–H groups in total. The molecule has 2 rings (SSSR count). The summed E-state index contributed by atoms with van der Waals surface area (Å²) in [6.45, 7) is 1.73. The lowest BCUT2D eigenvalue weighted by atomic mass is 10.2. The molecule has 1 fully saturated rings. The molecule has 0 saturated carbocycles. The Morgan fingerprint density at radius 3 is 3.09 bits per heavy atom. The SMILES string of the molecule is COC(=O)CCSCc1cccc(NC(=O)C2COCCN2)c1. The number of anilines is 1. The molecule has 0 bridgehead atoms. The Balaban J connectivity index is 1.79. The highest BCUT2D eigenvalue weighted by Gasteiger charge is 2.21. The van der Waals surface area contributed by atoms with E-state index in [1.54, 1.807) is 11.8 Å². The van der Waals surface area contributed by atoms with E-state index in [0.717, 1.165) is 17.0 Å². The van der Waals surface area contributed by atoms with E-state index in [0.29, 0.717) is 31.9 Å². The first kappa shape index (κ1) is 17.8. The van der Waals surface area contributed by atoms with E-state index in [1.807, 2.05) is 24.3 Å². The first-order valence-corrected chi connectivity index (χ1v) is 8.70. The normalized spacial score (nSPS) is 17.5. The topological polar surface area (TPSA) is 76.7 Å². The number of esters is 1. The highest BCUT2D eigenvalue weighted by Crippen LogP contribution is 2.17. The van der Waals surface area contributed by atoms with Crippen LogP contribution in [0.3, 0.4) is 0 Å². The van der Waals surface area contributed by atoms with Gasteiger partial charge in [-0.1, -0.05) is 12.1 Å². The second-order valence-electron chi connectivity index (χ2n) is 5.15. The number of thioether (sulfide) groups is 1. The number of methoxy groups -OCH3 is 1. The number of rotatable bonds is 7. The van der Waals surface area contributed by atoms with Gasteiger partial charge in [-0.15, -0.1) is 0 Å². The first-order chi connectivity index (χ1) is 11.2. The summed E-state index contributed by atoms with van der Waals surface area (Å²) in [5.74, 6) is 1.22. The number of carbonyl (C=O) groups excluding carboxylic acids is 2. The summed E-state index contributed by atoms with van der Waals surface area (Å²) >= 11 is 1.66. The van der Waals surface area contributed by atoms with Crippen LogP contribution in [-0.4, -0.2) is 50.5 Å². The highest BCUT2D eigenvalue weighted by atomic mass is 32.2. The molecule has 1 aromatic rings. The maximum atomic E-state index is 12.1. The number of hydrogen-bond acceptors (Lipinski definition) is 6. The summed E-state index contributed by atoms with van der Waals surface area (Å²) in [4.78, 5) is 23.2. The molecular formula is C16H22N2O4S. The number of amides is 1. The first-order valence-electron chi connectivity index (χ1n) is 7.54. The van der Waals surface area contributed by atoms with Crippen molar-refractivity contribution < 1.29 is 19.1 Å². The van der Waals surface area contributed by atoms with E-state index in [-0.39, 0.29) is 17.9 Å². The molecule has 1 aliphatic heterocycles. The third kappa shape index (κ3) is 6.21. The van der Waals surface area contributed by atoms with Gasteiger partial charge in [0.25, 0.3) is 0 Å². The third-order valence-corrected chi connectivity index (χ3v) is 4.41. The van der Waals surface area contributed by atoms with Crippen LogP contribution in [-0.2, 0) is 24.8 Å². The van der Waals surface area contributed by atoms with Crippen molar-refractivity contribution in [1.29, 1.82) is 0 Å². The molecule has 0 radical (unpaired) electrons. The van der Waals surface area contributed by atoms with E-state index in [9.17, 15) is 9.59 Å². The van der Waals surface area contributed by atoms with Crippen LogP contribution in [0.5, 0.6) is 0 Å². The Morgan fingerprint density at radius 1 is 1.48 bits per heavy atom. The van der Waals surface area contributed by atoms with Crippen molar-refractivity contribution in [2.24, 2.45) is 0 Å². The zero-order chi connectivity index (χ0) is 16.5. The molecule has 1 amide bonds. The smallest absolute Gasteiger partial charge is 0.306 e. The van der Waals surface area contributed by atoms with Crippen molar-refractivity contribution in [3.8, 4) is 0 Å². The van der Waals surface area contributed by atoms with Crippen molar-refractivity contribution >= 4 is 29.3 Å². The Hall–Kier alpha value is -1.57. The zero-order valence-electron chi connectivity index (χ0n) is 13.2. The van der Waals surface area contributed by atoms with Crippen molar-refractivity contribution in [2.45, 2.75) is 18.2 Å². The minimum atomic E-state index is -0.304. The van der Waals surface area contributed by atoms with Crippen LogP contribution in [0.2, 0.25) is 0 Å². The lowest BCUT2D eigenvalue weighted by Crippen LogP contribution is -2.48. The van der Waals surface area contributed by atoms with E-state index >= 15 is 0 Å². The average molecular weight is 338 g/mol. The summed E-state index contributed by atoms with van der Waals surface area (Å²) in [5, 5.41) is 6.03. The molecule has 1 saturated heterocycles. The minimum absolute atomic E-state index is 0.0832. The molecule has 126 valence electrons. The molecule has 7 heteroatoms. The molecule has 1 atom stereocenters. The van der Waals surface area contributed by atoms with Gasteiger partial charge in [-0.25, -0.2) is 0 Å². The third-order valence-electron chi connectivity index (χ3n) is 3.38. The zero-order valence-corrected chi connectivity index (χ0v) is 14.0. The standard InChI is InChI=1S/C16H22N2O4S/c1-21-15(19)5-8-23-11-12-3-2-4-13(9-12)18-16(20)14-10-22-7-6-17-14/h2-4,9,14,17H,5-8,10-11H2,1H3,(H,18,20). The lowest BCUT2D eigenvalue weighted by Gasteiger charge is -2.23. The Labute approximate surface area is 140 Å². The van der Waals surface area contributed by atoms with Gasteiger partial charge >= 0.3 is 5.97 Å². The number of ether oxygens (including phenoxy) is 2. The summed E-state index contributed by atoms with van der Waals surface area (Å²) in [7, 11) is 1.39. The van der Waals surface area contributed by atoms with Crippen molar-refractivity contribution in [1.82, 2.24) is 5.32 Å². The summed E-state index contributed by atoms with van der Waals surface area (Å²) < 4.78 is 9.90. The number of carbonyl (C=O) groups is 2. The highest BCUT2D eigenvalue weighted by molar-refractivity contribution is 7.98. The maximum Gasteiger partial charge on any atom is 0.306 e. The van der Waals surface area contributed by atoms with Gasteiger partial charge in [0.1, 0.15) is 6.04 Å². The van der Waals surface area contributed by atoms with E-state index < -0.39 is 0 Å². The predicted molar refractivity (Wildman–Crippen MR) is 90.5 cm³/mol. The van der Waals surface area contributed by atoms with Gasteiger partial charge < -0.3 is 20.1 Å². The number of nitrogens with one attached hydrogen (secondary N) is 2. The van der Waals surface area contributed by atoms with Gasteiger partial charge in [0.2, 0.25) is 5.91 Å². The molecule has 0 aromatic heterocycles. The van der Waals surface area contributed by atoms with Crippen LogP contribution < -0.4 is 10.6 Å². The summed E-state index contributed by atoms with van der Waals surface area (Å²) in [6, 6.07) is 7.43. The quantitative estimate of drug-likeness (QED) is 0.578. The second-order valence-corrected chi connectivity index (χ2v) is 6.26. The van der Waals surface area contributed by atoms with Crippen molar-refractivity contribution in [3.05, 3.63) is 29.8 Å². The predicted octanol–water partition coefficient (Wildman–Crippen LogP) is 1.41. The number of benzene rings is 1. The van der Waals surface area contributed by atoms with E-state index in [1.165, 1.54) is 7.11 Å². The monoisotopic (exact) mass is 338 g/mol. The molecule has 1 aliphatic rings. The van der Waals surface area contributed by atoms with Crippen LogP contribution in [0.15, 0.2) is 24.3 Å². The van der Waals surface area contributed by atoms with Gasteiger partial charge in [0, 0.05) is 23.7 Å². The van der Waals surface area contributed by atoms with E-state index in [2.05, 4.69) is 15.4 Å². The van der Waals surface area contributed by atoms with Crippen LogP contribution in [0.25, 0.3) is 0 Å². The van der Waals surface area contributed by atoms with Crippen molar-refractivity contribution in [2.75, 3.05) is 37.9 Å². The second kappa shape index (κ2) is 9.54. The maximum absolute atomic E-state index is 12.1. The van der Waals surface area contributed by atoms with Crippen LogP contribution >= 0.6 is 11.8 Å². The fourth-order valence-corrected chi connectivity index (χ4v) is 3.02. The molecule has 6 nitrogen and oxygen atoms in total. The van der Waals surface area contributed by atoms with Crippen LogP contribution in [0.1, 0.15) is 12.0 Å². The Morgan fingerprint density at radius 2 is 2.35 bits per heavy atom. The Bertz CT molecular complexity index is 533. The molecule has 1 aromatic carbocycles. The van der Waals surface area contributed by atoms with Crippen LogP contribution in [0, 0.1) is 0 Å². The lowest BCUT2D eigenvalue weighted by molar-refractivity contribution is -0.140. The molecule has 23 heavy (non-hydrogen) atoms. The minimum Gasteiger partial charge on any atom is -0.469 e. The van der Waals surface area contributed by atoms with Gasteiger partial charge in [0.05, 0.1) is 26.7 Å². The summed E-state index contributed by atoms with van der Waals surface area (Å²) in [6.07, 6.45) is 0.408. The molecular weight excluding hydrogens is 316 g/mol. The fraction of sp³-hybridized carbons (Fsp3) is 0.500. The van der Waals surface area contributed by atoms with Gasteiger partial charge in [-0.05, 0) is 17.7 Å². The van der Waals surface area contributed by atoms with Gasteiger partial charge in [-0.2, -0.15) is 11.8 Å².